The van der Waals surface area contributed by atoms with Crippen LogP contribution in [0.1, 0.15) is 19.8 Å². The Bertz CT molecular complexity index is 163. The quantitative estimate of drug-likeness (QED) is 0.612. The van der Waals surface area contributed by atoms with E-state index < -0.39 is 0 Å². The maximum atomic E-state index is 4.38. The summed E-state index contributed by atoms with van der Waals surface area (Å²) in [6.45, 7) is 2.22. The van der Waals surface area contributed by atoms with E-state index in [0.29, 0.717) is 0 Å². The minimum Gasteiger partial charge on any atom is -0.269 e. The molecule has 0 aromatic rings. The van der Waals surface area contributed by atoms with Crippen molar-refractivity contribution in [1.29, 1.82) is 0 Å². The van der Waals surface area contributed by atoms with Crippen molar-refractivity contribution in [3.63, 3.8) is 0 Å². The van der Waals surface area contributed by atoms with Gasteiger partial charge in [-0.25, -0.2) is 0 Å². The molecule has 2 nitrogen and oxygen atoms in total. The Morgan fingerprint density at radius 2 is 2.40 bits per heavy atom. The summed E-state index contributed by atoms with van der Waals surface area (Å²) in [7, 11) is 2.19. The maximum Gasteiger partial charge on any atom is 0.0308 e. The molecule has 0 saturated heterocycles. The molecule has 1 aliphatic heterocycles. The van der Waals surface area contributed by atoms with Crippen LogP contribution >= 0.6 is 0 Å². The van der Waals surface area contributed by atoms with Gasteiger partial charge in [-0.3, -0.25) is 5.01 Å². The fraction of sp³-hybridized carbons (Fsp3) is 0.714. The van der Waals surface area contributed by atoms with E-state index in [2.05, 4.69) is 16.8 Å². The minimum atomic E-state index is 0.213. The second-order valence-corrected chi connectivity index (χ2v) is 4.05. The van der Waals surface area contributed by atoms with Crippen molar-refractivity contribution in [2.45, 2.75) is 19.8 Å². The summed E-state index contributed by atoms with van der Waals surface area (Å²) in [6, 6.07) is 0. The Kier molecular flexibility index (Phi) is 2.93. The molecule has 0 spiro atoms. The van der Waals surface area contributed by atoms with E-state index in [1.165, 1.54) is 18.6 Å². The molecule has 0 fully saturated rings. The first-order valence-electron chi connectivity index (χ1n) is 3.65. The molecular formula is C7H14N2S. The Balaban J connectivity index is 2.30. The van der Waals surface area contributed by atoms with E-state index in [0.717, 1.165) is 0 Å². The van der Waals surface area contributed by atoms with Gasteiger partial charge in [-0.2, -0.15) is 0 Å². The molecule has 0 amide bonds. The molecule has 0 saturated carbocycles. The standard InChI is InChI=1S/C7H14N2S/c1-3-4-6-10-7-5-9(2)8-10/h5,7H,3-4,6H2,1-2H3. The fourth-order valence-corrected chi connectivity index (χ4v) is 2.34. The highest BCUT2D eigenvalue weighted by Crippen LogP contribution is 2.06. The lowest BCUT2D eigenvalue weighted by atomic mass is 10.4. The van der Waals surface area contributed by atoms with Gasteiger partial charge in [0.1, 0.15) is 0 Å². The van der Waals surface area contributed by atoms with E-state index >= 15 is 0 Å². The fourth-order valence-electron chi connectivity index (χ4n) is 0.779. The second kappa shape index (κ2) is 3.76. The third-order valence-corrected chi connectivity index (χ3v) is 2.98. The lowest BCUT2D eigenvalue weighted by Crippen LogP contribution is -1.96. The number of hydrogen-bond donors (Lipinski definition) is 0. The molecule has 0 radical (unpaired) electrons. The number of rotatable bonds is 3. The van der Waals surface area contributed by atoms with Gasteiger partial charge in [-0.1, -0.05) is 13.3 Å². The topological polar surface area (TPSA) is 15.6 Å². The van der Waals surface area contributed by atoms with Crippen molar-refractivity contribution in [3.8, 4) is 0 Å². The van der Waals surface area contributed by atoms with Crippen molar-refractivity contribution in [2.75, 3.05) is 12.8 Å². The molecular weight excluding hydrogens is 144 g/mol. The predicted molar refractivity (Wildman–Crippen MR) is 46.5 cm³/mol. The average Bonchev–Trinajstić information content (AvgIpc) is 2.31. The average molecular weight is 158 g/mol. The molecule has 1 rings (SSSR count). The summed E-state index contributed by atoms with van der Waals surface area (Å²) >= 11 is 0. The van der Waals surface area contributed by atoms with Gasteiger partial charge >= 0.3 is 0 Å². The van der Waals surface area contributed by atoms with Crippen LogP contribution in [0.3, 0.4) is 0 Å². The summed E-state index contributed by atoms with van der Waals surface area (Å²) < 4.78 is 4.38. The van der Waals surface area contributed by atoms with Gasteiger partial charge in [0, 0.05) is 24.4 Å². The van der Waals surface area contributed by atoms with E-state index in [1.807, 2.05) is 18.3 Å². The number of nitrogens with zero attached hydrogens (tertiary/aromatic N) is 2. The van der Waals surface area contributed by atoms with Crippen molar-refractivity contribution >= 4 is 10.7 Å². The minimum absolute atomic E-state index is 0.213. The third-order valence-electron chi connectivity index (χ3n) is 1.37. The lowest BCUT2D eigenvalue weighted by molar-refractivity contribution is 0.507. The van der Waals surface area contributed by atoms with E-state index in [4.69, 9.17) is 0 Å². The van der Waals surface area contributed by atoms with E-state index in [-0.39, 0.29) is 10.7 Å². The van der Waals surface area contributed by atoms with Crippen LogP contribution < -0.4 is 0 Å². The van der Waals surface area contributed by atoms with Crippen LogP contribution in [0.15, 0.2) is 16.1 Å². The molecule has 1 aliphatic rings. The molecule has 3 heteroatoms. The van der Waals surface area contributed by atoms with Crippen LogP contribution in [0.2, 0.25) is 0 Å². The van der Waals surface area contributed by atoms with E-state index in [9.17, 15) is 0 Å². The van der Waals surface area contributed by atoms with Crippen molar-refractivity contribution in [1.82, 2.24) is 5.01 Å². The van der Waals surface area contributed by atoms with Crippen molar-refractivity contribution in [2.24, 2.45) is 4.47 Å². The van der Waals surface area contributed by atoms with Crippen LogP contribution in [0.5, 0.6) is 0 Å². The highest BCUT2D eigenvalue weighted by Gasteiger charge is 1.99. The molecule has 1 heterocycles. The Morgan fingerprint density at radius 3 is 2.90 bits per heavy atom. The Morgan fingerprint density at radius 1 is 1.60 bits per heavy atom. The van der Waals surface area contributed by atoms with Crippen LogP contribution in [0.25, 0.3) is 0 Å². The smallest absolute Gasteiger partial charge is 0.0308 e. The summed E-state index contributed by atoms with van der Waals surface area (Å²) in [5.74, 6) is 1.23. The van der Waals surface area contributed by atoms with Gasteiger partial charge in [0.15, 0.2) is 0 Å². The van der Waals surface area contributed by atoms with Gasteiger partial charge < -0.3 is 0 Å². The zero-order valence-corrected chi connectivity index (χ0v) is 7.40. The van der Waals surface area contributed by atoms with Crippen LogP contribution in [-0.2, 0) is 10.7 Å². The van der Waals surface area contributed by atoms with Crippen molar-refractivity contribution < 1.29 is 0 Å². The molecule has 0 aliphatic carbocycles. The Labute approximate surface area is 65.0 Å². The van der Waals surface area contributed by atoms with Crippen LogP contribution in [-0.4, -0.2) is 17.8 Å². The molecule has 0 aromatic carbocycles. The van der Waals surface area contributed by atoms with Crippen LogP contribution in [0, 0.1) is 0 Å². The molecule has 1 atom stereocenters. The largest absolute Gasteiger partial charge is 0.269 e. The number of hydrogen-bond acceptors (Lipinski definition) is 2. The second-order valence-electron chi connectivity index (χ2n) is 2.40. The highest BCUT2D eigenvalue weighted by atomic mass is 32.2. The SMILES string of the molecule is CCCCS1=NN(C)C=C1. The van der Waals surface area contributed by atoms with Gasteiger partial charge in [-0.05, 0) is 17.1 Å². The molecule has 0 N–H and O–H groups in total. The highest BCUT2D eigenvalue weighted by molar-refractivity contribution is 7.90. The lowest BCUT2D eigenvalue weighted by Gasteiger charge is -1.99. The summed E-state index contributed by atoms with van der Waals surface area (Å²) in [6.07, 6.45) is 4.61. The normalized spacial score (nSPS) is 23.4. The summed E-state index contributed by atoms with van der Waals surface area (Å²) in [5.41, 5.74) is 0. The zero-order chi connectivity index (χ0) is 7.40. The number of unbranched alkanes of at least 4 members (excludes halogenated alkanes) is 1. The molecule has 0 aromatic heterocycles. The van der Waals surface area contributed by atoms with Gasteiger partial charge in [0.2, 0.25) is 0 Å². The summed E-state index contributed by atoms with van der Waals surface area (Å²) in [4.78, 5) is 0. The molecule has 1 unspecified atom stereocenters. The monoisotopic (exact) mass is 158 g/mol. The molecule has 10 heavy (non-hydrogen) atoms. The summed E-state index contributed by atoms with van der Waals surface area (Å²) in [5, 5.41) is 4.09. The van der Waals surface area contributed by atoms with E-state index in [1.54, 1.807) is 0 Å². The van der Waals surface area contributed by atoms with Crippen molar-refractivity contribution in [3.05, 3.63) is 11.6 Å². The molecule has 0 bridgehead atoms. The van der Waals surface area contributed by atoms with Crippen LogP contribution in [0.4, 0.5) is 0 Å². The van der Waals surface area contributed by atoms with Gasteiger partial charge in [0.05, 0.1) is 0 Å². The first kappa shape index (κ1) is 7.79. The first-order chi connectivity index (χ1) is 4.83. The van der Waals surface area contributed by atoms with Gasteiger partial charge in [-0.15, -0.1) is 4.47 Å². The Hall–Kier alpha value is -0.310. The first-order valence-corrected chi connectivity index (χ1v) is 5.07. The third kappa shape index (κ3) is 2.14. The predicted octanol–water partition coefficient (Wildman–Crippen LogP) is 1.92. The van der Waals surface area contributed by atoms with Gasteiger partial charge in [0.25, 0.3) is 0 Å². The maximum absolute atomic E-state index is 4.38. The molecule has 58 valence electrons. The zero-order valence-electron chi connectivity index (χ0n) is 6.58.